The molecule has 2 rings (SSSR count). The van der Waals surface area contributed by atoms with Gasteiger partial charge in [-0.3, -0.25) is 4.79 Å². The van der Waals surface area contributed by atoms with E-state index in [0.717, 1.165) is 31.7 Å². The number of nitrogens with one attached hydrogen (secondary N) is 1. The molecule has 27 heavy (non-hydrogen) atoms. The maximum absolute atomic E-state index is 13.1. The van der Waals surface area contributed by atoms with Crippen LogP contribution >= 0.6 is 0 Å². The second kappa shape index (κ2) is 9.24. The summed E-state index contributed by atoms with van der Waals surface area (Å²) in [5.74, 6) is 1.60. The van der Waals surface area contributed by atoms with Gasteiger partial charge in [-0.25, -0.2) is 0 Å². The third kappa shape index (κ3) is 4.40. The fourth-order valence-electron chi connectivity index (χ4n) is 4.85. The first-order valence-electron chi connectivity index (χ1n) is 10.4. The number of carbonyl (C=O) groups excluding carboxylic acids is 1. The van der Waals surface area contributed by atoms with E-state index < -0.39 is 8.32 Å². The van der Waals surface area contributed by atoms with Crippen LogP contribution in [0.2, 0.25) is 16.6 Å². The van der Waals surface area contributed by atoms with Crippen molar-refractivity contribution in [3.8, 4) is 11.5 Å². The van der Waals surface area contributed by atoms with Crippen LogP contribution in [-0.4, -0.2) is 34.3 Å². The minimum atomic E-state index is -2.11. The lowest BCUT2D eigenvalue weighted by molar-refractivity contribution is 0.0891. The molecule has 0 amide bonds. The molecule has 0 bridgehead atoms. The van der Waals surface area contributed by atoms with E-state index in [-0.39, 0.29) is 11.7 Å². The summed E-state index contributed by atoms with van der Waals surface area (Å²) in [6, 6.07) is 5.79. The number of Topliss-reactive ketones (excluding diaryl/α,β-unsaturated/α-hetero) is 1. The number of carbonyl (C=O) groups is 1. The Morgan fingerprint density at radius 1 is 1.04 bits per heavy atom. The monoisotopic (exact) mass is 391 g/mol. The van der Waals surface area contributed by atoms with Gasteiger partial charge >= 0.3 is 0 Å². The first-order valence-corrected chi connectivity index (χ1v) is 12.5. The number of ether oxygens (including phenoxy) is 1. The fraction of sp³-hybridized carbons (Fsp3) is 0.682. The van der Waals surface area contributed by atoms with Crippen LogP contribution in [0, 0.1) is 5.92 Å². The Hall–Kier alpha value is -1.33. The van der Waals surface area contributed by atoms with Crippen LogP contribution in [0.1, 0.15) is 64.7 Å². The van der Waals surface area contributed by atoms with Crippen molar-refractivity contribution in [3.63, 3.8) is 0 Å². The molecular formula is C22H37NO3Si. The fourth-order valence-corrected chi connectivity index (χ4v) is 10.1. The zero-order valence-corrected chi connectivity index (χ0v) is 19.1. The lowest BCUT2D eigenvalue weighted by atomic mass is 9.89. The van der Waals surface area contributed by atoms with E-state index in [2.05, 4.69) is 46.9 Å². The molecule has 152 valence electrons. The number of benzene rings is 1. The summed E-state index contributed by atoms with van der Waals surface area (Å²) in [5, 5.41) is 3.33. The van der Waals surface area contributed by atoms with Crippen LogP contribution in [-0.2, 0) is 0 Å². The van der Waals surface area contributed by atoms with Crippen molar-refractivity contribution in [3.05, 3.63) is 23.8 Å². The van der Waals surface area contributed by atoms with Gasteiger partial charge in [0.15, 0.2) is 11.5 Å². The van der Waals surface area contributed by atoms with Crippen LogP contribution in [0.3, 0.4) is 0 Å². The third-order valence-electron chi connectivity index (χ3n) is 6.15. The first-order chi connectivity index (χ1) is 12.8. The molecule has 0 atom stereocenters. The average molecular weight is 392 g/mol. The van der Waals surface area contributed by atoms with Crippen molar-refractivity contribution >= 4 is 14.1 Å². The highest BCUT2D eigenvalue weighted by molar-refractivity contribution is 6.78. The zero-order chi connectivity index (χ0) is 20.2. The molecule has 1 aromatic rings. The maximum Gasteiger partial charge on any atom is 0.258 e. The summed E-state index contributed by atoms with van der Waals surface area (Å²) >= 11 is 0. The predicted octanol–water partition coefficient (Wildman–Crippen LogP) is 5.43. The summed E-state index contributed by atoms with van der Waals surface area (Å²) in [7, 11) is -0.471. The predicted molar refractivity (Wildman–Crippen MR) is 115 cm³/mol. The molecule has 0 unspecified atom stereocenters. The van der Waals surface area contributed by atoms with Gasteiger partial charge in [0.25, 0.3) is 8.32 Å². The normalized spacial score (nSPS) is 16.2. The van der Waals surface area contributed by atoms with Crippen LogP contribution in [0.15, 0.2) is 18.2 Å². The van der Waals surface area contributed by atoms with Gasteiger partial charge in [0.2, 0.25) is 0 Å². The van der Waals surface area contributed by atoms with E-state index in [9.17, 15) is 4.79 Å². The van der Waals surface area contributed by atoms with E-state index in [0.29, 0.717) is 27.9 Å². The zero-order valence-electron chi connectivity index (χ0n) is 18.1. The van der Waals surface area contributed by atoms with Gasteiger partial charge in [-0.15, -0.1) is 0 Å². The largest absolute Gasteiger partial charge is 0.540 e. The van der Waals surface area contributed by atoms with E-state index >= 15 is 0 Å². The van der Waals surface area contributed by atoms with Crippen molar-refractivity contribution in [2.75, 3.05) is 20.2 Å². The van der Waals surface area contributed by atoms with E-state index in [4.69, 9.17) is 9.16 Å². The SMILES string of the molecule is COc1c(O[Si](C(C)C)(C(C)C)C(C)C)cccc1C(=O)C1CCNCC1. The molecule has 0 radical (unpaired) electrons. The minimum absolute atomic E-state index is 0.0673. The molecule has 1 saturated heterocycles. The molecule has 1 heterocycles. The van der Waals surface area contributed by atoms with Crippen molar-refractivity contribution in [2.24, 2.45) is 5.92 Å². The smallest absolute Gasteiger partial charge is 0.258 e. The Kier molecular flexibility index (Phi) is 7.52. The molecule has 1 aromatic carbocycles. The van der Waals surface area contributed by atoms with Crippen molar-refractivity contribution < 1.29 is 14.0 Å². The van der Waals surface area contributed by atoms with Gasteiger partial charge in [0.1, 0.15) is 5.75 Å². The number of hydrogen-bond acceptors (Lipinski definition) is 4. The van der Waals surface area contributed by atoms with E-state index in [1.807, 2.05) is 18.2 Å². The molecular weight excluding hydrogens is 354 g/mol. The number of piperidine rings is 1. The van der Waals surface area contributed by atoms with Crippen molar-refractivity contribution in [1.29, 1.82) is 0 Å². The highest BCUT2D eigenvalue weighted by Gasteiger charge is 2.47. The number of methoxy groups -OCH3 is 1. The Bertz CT molecular complexity index is 615. The van der Waals surface area contributed by atoms with Gasteiger partial charge in [0.05, 0.1) is 12.7 Å². The van der Waals surface area contributed by atoms with Crippen LogP contribution < -0.4 is 14.5 Å². The van der Waals surface area contributed by atoms with Gasteiger partial charge in [-0.05, 0) is 54.7 Å². The second-order valence-electron chi connectivity index (χ2n) is 8.65. The lowest BCUT2D eigenvalue weighted by Gasteiger charge is -2.42. The molecule has 0 aliphatic carbocycles. The van der Waals surface area contributed by atoms with E-state index in [1.54, 1.807) is 7.11 Å². The topological polar surface area (TPSA) is 47.6 Å². The Morgan fingerprint density at radius 3 is 2.07 bits per heavy atom. The molecule has 5 heteroatoms. The highest BCUT2D eigenvalue weighted by atomic mass is 28.4. The molecule has 1 N–H and O–H groups in total. The Balaban J connectivity index is 2.44. The molecule has 1 aliphatic heterocycles. The third-order valence-corrected chi connectivity index (χ3v) is 12.1. The summed E-state index contributed by atoms with van der Waals surface area (Å²) in [5.41, 5.74) is 2.06. The average Bonchev–Trinajstić information content (AvgIpc) is 2.64. The molecule has 4 nitrogen and oxygen atoms in total. The highest BCUT2D eigenvalue weighted by Crippen LogP contribution is 2.45. The molecule has 0 aromatic heterocycles. The van der Waals surface area contributed by atoms with Crippen molar-refractivity contribution in [2.45, 2.75) is 71.0 Å². The standard InChI is InChI=1S/C22H37NO3Si/c1-15(2)27(16(3)4,17(5)6)26-20-10-8-9-19(22(20)25-7)21(24)18-11-13-23-14-12-18/h8-10,15-18,23H,11-14H2,1-7H3. The summed E-state index contributed by atoms with van der Waals surface area (Å²) in [6.45, 7) is 15.4. The Morgan fingerprint density at radius 2 is 1.59 bits per heavy atom. The maximum atomic E-state index is 13.1. The molecule has 1 fully saturated rings. The lowest BCUT2D eigenvalue weighted by Crippen LogP contribution is -2.50. The molecule has 0 spiro atoms. The van der Waals surface area contributed by atoms with Gasteiger partial charge < -0.3 is 14.5 Å². The van der Waals surface area contributed by atoms with Crippen LogP contribution in [0.25, 0.3) is 0 Å². The van der Waals surface area contributed by atoms with Crippen molar-refractivity contribution in [1.82, 2.24) is 5.32 Å². The summed E-state index contributed by atoms with van der Waals surface area (Å²) in [6.07, 6.45) is 1.77. The summed E-state index contributed by atoms with van der Waals surface area (Å²) < 4.78 is 12.6. The minimum Gasteiger partial charge on any atom is -0.540 e. The number of hydrogen-bond donors (Lipinski definition) is 1. The van der Waals surface area contributed by atoms with Gasteiger partial charge in [-0.1, -0.05) is 47.6 Å². The van der Waals surface area contributed by atoms with E-state index in [1.165, 1.54) is 0 Å². The van der Waals surface area contributed by atoms with Crippen LogP contribution in [0.4, 0.5) is 0 Å². The number of ketones is 1. The summed E-state index contributed by atoms with van der Waals surface area (Å²) in [4.78, 5) is 13.1. The molecule has 1 aliphatic rings. The molecule has 0 saturated carbocycles. The second-order valence-corrected chi connectivity index (χ2v) is 14.0. The Labute approximate surface area is 166 Å². The first kappa shape index (κ1) is 22.0. The van der Waals surface area contributed by atoms with Gasteiger partial charge in [-0.2, -0.15) is 0 Å². The quantitative estimate of drug-likeness (QED) is 0.474. The number of para-hydroxylation sites is 1. The van der Waals surface area contributed by atoms with Crippen LogP contribution in [0.5, 0.6) is 11.5 Å². The van der Waals surface area contributed by atoms with Gasteiger partial charge in [0, 0.05) is 5.92 Å². The number of rotatable bonds is 8.